The number of carbonyl (C=O) groups is 2. The van der Waals surface area contributed by atoms with Gasteiger partial charge in [0.25, 0.3) is 0 Å². The first-order valence-electron chi connectivity index (χ1n) is 7.50. The van der Waals surface area contributed by atoms with E-state index in [4.69, 9.17) is 5.73 Å². The van der Waals surface area contributed by atoms with Gasteiger partial charge in [0.2, 0.25) is 5.91 Å². The number of halogens is 1. The molecule has 0 saturated carbocycles. The van der Waals surface area contributed by atoms with Crippen molar-refractivity contribution in [3.8, 4) is 0 Å². The number of benzene rings is 1. The smallest absolute Gasteiger partial charge is 0.325 e. The van der Waals surface area contributed by atoms with E-state index < -0.39 is 6.03 Å². The highest BCUT2D eigenvalue weighted by Crippen LogP contribution is 2.27. The highest BCUT2D eigenvalue weighted by molar-refractivity contribution is 6.01. The van der Waals surface area contributed by atoms with Crippen molar-refractivity contribution in [1.29, 1.82) is 0 Å². The average molecular weight is 341 g/mol. The fraction of sp³-hybridized carbons (Fsp3) is 0.500. The van der Waals surface area contributed by atoms with E-state index in [-0.39, 0.29) is 36.3 Å². The molecule has 0 bridgehead atoms. The molecule has 1 unspecified atom stereocenters. The van der Waals surface area contributed by atoms with Crippen molar-refractivity contribution >= 4 is 30.0 Å². The van der Waals surface area contributed by atoms with Gasteiger partial charge in [-0.1, -0.05) is 32.0 Å². The highest BCUT2D eigenvalue weighted by atomic mass is 35.5. The second-order valence-corrected chi connectivity index (χ2v) is 6.46. The van der Waals surface area contributed by atoms with Gasteiger partial charge in [-0.3, -0.25) is 15.0 Å². The van der Waals surface area contributed by atoms with Crippen molar-refractivity contribution in [1.82, 2.24) is 10.2 Å². The van der Waals surface area contributed by atoms with Crippen LogP contribution >= 0.6 is 12.4 Å². The zero-order valence-electron chi connectivity index (χ0n) is 13.5. The Labute approximate surface area is 143 Å². The van der Waals surface area contributed by atoms with Gasteiger partial charge < -0.3 is 11.1 Å². The van der Waals surface area contributed by atoms with Crippen molar-refractivity contribution < 1.29 is 9.59 Å². The molecule has 23 heavy (non-hydrogen) atoms. The van der Waals surface area contributed by atoms with Gasteiger partial charge in [0, 0.05) is 24.8 Å². The third kappa shape index (κ3) is 5.82. The molecule has 1 aromatic carbocycles. The van der Waals surface area contributed by atoms with Crippen LogP contribution in [-0.4, -0.2) is 42.5 Å². The summed E-state index contributed by atoms with van der Waals surface area (Å²) >= 11 is 0. The summed E-state index contributed by atoms with van der Waals surface area (Å²) in [6.45, 7) is 5.94. The molecule has 128 valence electrons. The number of piperidine rings is 1. The van der Waals surface area contributed by atoms with Crippen LogP contribution in [0.1, 0.15) is 20.3 Å². The second kappa shape index (κ2) is 8.29. The van der Waals surface area contributed by atoms with Crippen LogP contribution in [-0.2, 0) is 4.79 Å². The summed E-state index contributed by atoms with van der Waals surface area (Å²) in [7, 11) is 0. The number of hydrogen-bond donors (Lipinski definition) is 3. The summed E-state index contributed by atoms with van der Waals surface area (Å²) in [5.74, 6) is -0.306. The number of carbonyl (C=O) groups excluding carboxylic acids is 2. The first kappa shape index (κ1) is 19.4. The monoisotopic (exact) mass is 340 g/mol. The Bertz CT molecular complexity index is 536. The molecule has 0 aliphatic carbocycles. The summed E-state index contributed by atoms with van der Waals surface area (Å²) in [6.07, 6.45) is 0.858. The molecular weight excluding hydrogens is 316 g/mol. The van der Waals surface area contributed by atoms with Crippen molar-refractivity contribution in [2.75, 3.05) is 25.0 Å². The van der Waals surface area contributed by atoms with E-state index in [1.807, 2.05) is 23.1 Å². The van der Waals surface area contributed by atoms with Crippen LogP contribution in [0, 0.1) is 5.41 Å². The molecule has 0 radical (unpaired) electrons. The second-order valence-electron chi connectivity index (χ2n) is 6.46. The molecule has 0 spiro atoms. The van der Waals surface area contributed by atoms with Crippen molar-refractivity contribution in [3.63, 3.8) is 0 Å². The van der Waals surface area contributed by atoms with Gasteiger partial charge in [0.15, 0.2) is 0 Å². The molecule has 7 heteroatoms. The summed E-state index contributed by atoms with van der Waals surface area (Å²) in [5, 5.41) is 4.98. The van der Waals surface area contributed by atoms with Gasteiger partial charge in [-0.15, -0.1) is 12.4 Å². The lowest BCUT2D eigenvalue weighted by Gasteiger charge is -2.42. The number of para-hydroxylation sites is 1. The highest BCUT2D eigenvalue weighted by Gasteiger charge is 2.33. The molecule has 6 nitrogen and oxygen atoms in total. The SMILES string of the molecule is CC1(C)CN(CC(=O)NC(=O)Nc2ccccc2)CCC1N.Cl. The normalized spacial score (nSPS) is 20.2. The van der Waals surface area contributed by atoms with Gasteiger partial charge in [0.1, 0.15) is 0 Å². The fourth-order valence-corrected chi connectivity index (χ4v) is 2.67. The zero-order chi connectivity index (χ0) is 16.2. The van der Waals surface area contributed by atoms with E-state index in [1.54, 1.807) is 12.1 Å². The van der Waals surface area contributed by atoms with Gasteiger partial charge in [-0.25, -0.2) is 4.79 Å². The van der Waals surface area contributed by atoms with Crippen LogP contribution in [0.4, 0.5) is 10.5 Å². The maximum atomic E-state index is 12.0. The van der Waals surface area contributed by atoms with Gasteiger partial charge in [-0.2, -0.15) is 0 Å². The van der Waals surface area contributed by atoms with E-state index in [0.29, 0.717) is 5.69 Å². The number of nitrogens with zero attached hydrogens (tertiary/aromatic N) is 1. The maximum absolute atomic E-state index is 12.0. The molecule has 2 rings (SSSR count). The third-order valence-electron chi connectivity index (χ3n) is 4.04. The van der Waals surface area contributed by atoms with Crippen LogP contribution < -0.4 is 16.4 Å². The predicted octanol–water partition coefficient (Wildman–Crippen LogP) is 1.82. The minimum atomic E-state index is -0.510. The summed E-state index contributed by atoms with van der Waals surface area (Å²) < 4.78 is 0. The lowest BCUT2D eigenvalue weighted by Crippen LogP contribution is -2.54. The van der Waals surface area contributed by atoms with Crippen molar-refractivity contribution in [3.05, 3.63) is 30.3 Å². The Balaban J connectivity index is 0.00000264. The first-order valence-corrected chi connectivity index (χ1v) is 7.50. The van der Waals surface area contributed by atoms with E-state index in [2.05, 4.69) is 24.5 Å². The Morgan fingerprint density at radius 1 is 1.30 bits per heavy atom. The number of urea groups is 1. The number of anilines is 1. The quantitative estimate of drug-likeness (QED) is 0.783. The molecule has 1 fully saturated rings. The Kier molecular flexibility index (Phi) is 7.00. The van der Waals surface area contributed by atoms with Crippen molar-refractivity contribution in [2.24, 2.45) is 11.1 Å². The Morgan fingerprint density at radius 2 is 1.96 bits per heavy atom. The molecule has 1 aliphatic rings. The largest absolute Gasteiger partial charge is 0.327 e. The number of likely N-dealkylation sites (tertiary alicyclic amines) is 1. The fourth-order valence-electron chi connectivity index (χ4n) is 2.67. The van der Waals surface area contributed by atoms with Gasteiger partial charge >= 0.3 is 6.03 Å². The van der Waals surface area contributed by atoms with Crippen LogP contribution in [0.15, 0.2) is 30.3 Å². The standard InChI is InChI=1S/C16H24N4O2.ClH/c1-16(2)11-20(9-8-13(16)17)10-14(21)19-15(22)18-12-6-4-3-5-7-12;/h3-7,13H,8-11,17H2,1-2H3,(H2,18,19,21,22);1H. The Hall–Kier alpha value is -1.63. The summed E-state index contributed by atoms with van der Waals surface area (Å²) in [5.41, 5.74) is 6.71. The lowest BCUT2D eigenvalue weighted by molar-refractivity contribution is -0.121. The molecule has 4 N–H and O–H groups in total. The van der Waals surface area contributed by atoms with E-state index in [1.165, 1.54) is 0 Å². The van der Waals surface area contributed by atoms with Gasteiger partial charge in [-0.05, 0) is 24.0 Å². The van der Waals surface area contributed by atoms with Crippen LogP contribution in [0.25, 0.3) is 0 Å². The molecule has 1 saturated heterocycles. The Morgan fingerprint density at radius 3 is 2.57 bits per heavy atom. The number of rotatable bonds is 3. The molecule has 1 aliphatic heterocycles. The number of nitrogens with two attached hydrogens (primary N) is 1. The van der Waals surface area contributed by atoms with Gasteiger partial charge in [0.05, 0.1) is 6.54 Å². The van der Waals surface area contributed by atoms with Crippen molar-refractivity contribution in [2.45, 2.75) is 26.3 Å². The maximum Gasteiger partial charge on any atom is 0.325 e. The molecule has 0 aromatic heterocycles. The van der Waals surface area contributed by atoms with E-state index >= 15 is 0 Å². The minimum Gasteiger partial charge on any atom is -0.327 e. The molecule has 1 aromatic rings. The number of imide groups is 1. The number of nitrogens with one attached hydrogen (secondary N) is 2. The van der Waals surface area contributed by atoms with E-state index in [9.17, 15) is 9.59 Å². The third-order valence-corrected chi connectivity index (χ3v) is 4.04. The average Bonchev–Trinajstić information content (AvgIpc) is 2.43. The minimum absolute atomic E-state index is 0. The van der Waals surface area contributed by atoms with Crippen LogP contribution in [0.3, 0.4) is 0 Å². The van der Waals surface area contributed by atoms with Crippen LogP contribution in [0.5, 0.6) is 0 Å². The zero-order valence-corrected chi connectivity index (χ0v) is 14.4. The lowest BCUT2D eigenvalue weighted by atomic mass is 9.80. The summed E-state index contributed by atoms with van der Waals surface area (Å²) in [4.78, 5) is 25.8. The molecule has 1 heterocycles. The summed E-state index contributed by atoms with van der Waals surface area (Å²) in [6, 6.07) is 8.65. The van der Waals surface area contributed by atoms with Crippen LogP contribution in [0.2, 0.25) is 0 Å². The molecule has 3 amide bonds. The van der Waals surface area contributed by atoms with E-state index in [0.717, 1.165) is 19.5 Å². The topological polar surface area (TPSA) is 87.5 Å². The number of hydrogen-bond acceptors (Lipinski definition) is 4. The first-order chi connectivity index (χ1) is 10.4. The number of amides is 3. The molecular formula is C16H25ClN4O2. The molecule has 1 atom stereocenters. The predicted molar refractivity (Wildman–Crippen MR) is 93.7 cm³/mol.